The molecule has 1 aromatic rings. The van der Waals surface area contributed by atoms with Gasteiger partial charge in [0.2, 0.25) is 5.91 Å². The first-order valence-electron chi connectivity index (χ1n) is 10.7. The van der Waals surface area contributed by atoms with Gasteiger partial charge in [0.25, 0.3) is 5.91 Å². The van der Waals surface area contributed by atoms with Crippen LogP contribution >= 0.6 is 12.4 Å². The average molecular weight is 425 g/mol. The van der Waals surface area contributed by atoms with Gasteiger partial charge in [-0.25, -0.2) is 0 Å². The van der Waals surface area contributed by atoms with Crippen LogP contribution in [0.15, 0.2) is 0 Å². The Balaban J connectivity index is 0.00000240. The maximum Gasteiger partial charge on any atom is 0.274 e. The predicted molar refractivity (Wildman–Crippen MR) is 113 cm³/mol. The molecule has 0 bridgehead atoms. The van der Waals surface area contributed by atoms with Crippen LogP contribution in [-0.4, -0.2) is 89.1 Å². The molecule has 162 valence electrons. The Morgan fingerprint density at radius 3 is 2.59 bits per heavy atom. The minimum atomic E-state index is 0. The maximum atomic E-state index is 12.9. The quantitative estimate of drug-likeness (QED) is 0.754. The van der Waals surface area contributed by atoms with Crippen LogP contribution < -0.4 is 5.32 Å². The molecule has 1 aromatic heterocycles. The van der Waals surface area contributed by atoms with Gasteiger partial charge in [0.1, 0.15) is 0 Å². The van der Waals surface area contributed by atoms with E-state index in [1.54, 1.807) is 0 Å². The maximum absolute atomic E-state index is 12.9. The Kier molecular flexibility index (Phi) is 7.54. The number of halogens is 1. The van der Waals surface area contributed by atoms with E-state index in [1.165, 1.54) is 19.3 Å². The first kappa shape index (κ1) is 22.1. The summed E-state index contributed by atoms with van der Waals surface area (Å²) in [6.45, 7) is 4.85. The van der Waals surface area contributed by atoms with Crippen molar-refractivity contribution in [3.05, 3.63) is 17.0 Å². The zero-order chi connectivity index (χ0) is 19.5. The standard InChI is InChI=1S/C20H32N6O2.ClH/c1-24(15-5-3-2-4-6-15)18(27)14-25-9-11-26(12-10-25)20(28)19-16-13-21-8-7-17(16)22-23-19;/h15,21H,2-14H2,1H3,(H,22,23);1H. The van der Waals surface area contributed by atoms with Gasteiger partial charge in [-0.2, -0.15) is 5.10 Å². The number of carbonyl (C=O) groups excluding carboxylic acids is 2. The lowest BCUT2D eigenvalue weighted by Gasteiger charge is -2.36. The Morgan fingerprint density at radius 2 is 1.86 bits per heavy atom. The van der Waals surface area contributed by atoms with Crippen molar-refractivity contribution in [3.63, 3.8) is 0 Å². The first-order valence-corrected chi connectivity index (χ1v) is 10.7. The largest absolute Gasteiger partial charge is 0.342 e. The summed E-state index contributed by atoms with van der Waals surface area (Å²) in [5.41, 5.74) is 2.66. The lowest BCUT2D eigenvalue weighted by Crippen LogP contribution is -2.52. The van der Waals surface area contributed by atoms with E-state index in [0.29, 0.717) is 37.9 Å². The number of carbonyl (C=O) groups is 2. The number of nitrogens with zero attached hydrogens (tertiary/aromatic N) is 4. The van der Waals surface area contributed by atoms with Crippen LogP contribution in [0.3, 0.4) is 0 Å². The summed E-state index contributed by atoms with van der Waals surface area (Å²) in [4.78, 5) is 31.6. The van der Waals surface area contributed by atoms with Gasteiger partial charge >= 0.3 is 0 Å². The van der Waals surface area contributed by atoms with Crippen molar-refractivity contribution in [2.75, 3.05) is 46.3 Å². The van der Waals surface area contributed by atoms with Gasteiger partial charge in [-0.1, -0.05) is 19.3 Å². The molecule has 29 heavy (non-hydrogen) atoms. The highest BCUT2D eigenvalue weighted by molar-refractivity contribution is 5.94. The summed E-state index contributed by atoms with van der Waals surface area (Å²) in [6, 6.07) is 0.406. The van der Waals surface area contributed by atoms with E-state index in [1.807, 2.05) is 16.8 Å². The average Bonchev–Trinajstić information content (AvgIpc) is 3.18. The summed E-state index contributed by atoms with van der Waals surface area (Å²) in [5.74, 6) is 0.214. The van der Waals surface area contributed by atoms with Crippen LogP contribution in [0, 0.1) is 0 Å². The van der Waals surface area contributed by atoms with Gasteiger partial charge in [0.05, 0.1) is 6.54 Å². The molecule has 3 aliphatic rings. The number of hydrogen-bond acceptors (Lipinski definition) is 5. The number of nitrogens with one attached hydrogen (secondary N) is 2. The van der Waals surface area contributed by atoms with Crippen LogP contribution in [0.2, 0.25) is 0 Å². The molecule has 4 rings (SSSR count). The van der Waals surface area contributed by atoms with Gasteiger partial charge in [-0.05, 0) is 12.8 Å². The van der Waals surface area contributed by atoms with E-state index in [0.717, 1.165) is 50.2 Å². The molecule has 8 nitrogen and oxygen atoms in total. The predicted octanol–water partition coefficient (Wildman–Crippen LogP) is 1.03. The highest BCUT2D eigenvalue weighted by Gasteiger charge is 2.29. The molecule has 0 unspecified atom stereocenters. The molecule has 9 heteroatoms. The summed E-state index contributed by atoms with van der Waals surface area (Å²) >= 11 is 0. The van der Waals surface area contributed by atoms with Crippen LogP contribution in [-0.2, 0) is 17.8 Å². The third kappa shape index (κ3) is 4.92. The number of aromatic nitrogens is 2. The lowest BCUT2D eigenvalue weighted by atomic mass is 9.94. The minimum Gasteiger partial charge on any atom is -0.342 e. The molecule has 1 saturated heterocycles. The molecule has 0 spiro atoms. The molecule has 0 aromatic carbocycles. The van der Waals surface area contributed by atoms with Crippen LogP contribution in [0.25, 0.3) is 0 Å². The van der Waals surface area contributed by atoms with E-state index < -0.39 is 0 Å². The van der Waals surface area contributed by atoms with Crippen molar-refractivity contribution in [2.45, 2.75) is 51.1 Å². The number of rotatable bonds is 4. The Bertz CT molecular complexity index is 710. The number of aromatic amines is 1. The number of likely N-dealkylation sites (N-methyl/N-ethyl adjacent to an activating group) is 1. The lowest BCUT2D eigenvalue weighted by molar-refractivity contribution is -0.134. The van der Waals surface area contributed by atoms with E-state index in [9.17, 15) is 9.59 Å². The van der Waals surface area contributed by atoms with Crippen molar-refractivity contribution in [1.82, 2.24) is 30.2 Å². The molecule has 0 radical (unpaired) electrons. The molecule has 2 amide bonds. The summed E-state index contributed by atoms with van der Waals surface area (Å²) in [7, 11) is 1.95. The zero-order valence-corrected chi connectivity index (χ0v) is 18.1. The molecule has 3 heterocycles. The summed E-state index contributed by atoms with van der Waals surface area (Å²) in [5, 5.41) is 10.6. The molecular weight excluding hydrogens is 392 g/mol. The van der Waals surface area contributed by atoms with E-state index in [2.05, 4.69) is 20.4 Å². The number of amides is 2. The Hall–Kier alpha value is -1.64. The van der Waals surface area contributed by atoms with Gasteiger partial charge in [-0.3, -0.25) is 19.6 Å². The highest BCUT2D eigenvalue weighted by atomic mass is 35.5. The molecule has 1 aliphatic carbocycles. The number of fused-ring (bicyclic) bond motifs is 1. The number of hydrogen-bond donors (Lipinski definition) is 2. The zero-order valence-electron chi connectivity index (χ0n) is 17.3. The second-order valence-corrected chi connectivity index (χ2v) is 8.32. The van der Waals surface area contributed by atoms with Crippen LogP contribution in [0.4, 0.5) is 0 Å². The van der Waals surface area contributed by atoms with Crippen molar-refractivity contribution < 1.29 is 9.59 Å². The van der Waals surface area contributed by atoms with Crippen molar-refractivity contribution in [2.24, 2.45) is 0 Å². The fourth-order valence-electron chi connectivity index (χ4n) is 4.64. The third-order valence-electron chi connectivity index (χ3n) is 6.54. The number of piperazine rings is 1. The van der Waals surface area contributed by atoms with Gasteiger partial charge in [-0.15, -0.1) is 12.4 Å². The van der Waals surface area contributed by atoms with Crippen molar-refractivity contribution in [1.29, 1.82) is 0 Å². The smallest absolute Gasteiger partial charge is 0.274 e. The monoisotopic (exact) mass is 424 g/mol. The fraction of sp³-hybridized carbons (Fsp3) is 0.750. The van der Waals surface area contributed by atoms with Crippen molar-refractivity contribution in [3.8, 4) is 0 Å². The number of H-pyrrole nitrogens is 1. The fourth-order valence-corrected chi connectivity index (χ4v) is 4.64. The minimum absolute atomic E-state index is 0. The summed E-state index contributed by atoms with van der Waals surface area (Å²) < 4.78 is 0. The molecule has 2 N–H and O–H groups in total. The first-order chi connectivity index (χ1) is 13.6. The Morgan fingerprint density at radius 1 is 1.14 bits per heavy atom. The van der Waals surface area contributed by atoms with E-state index in [-0.39, 0.29) is 24.2 Å². The third-order valence-corrected chi connectivity index (χ3v) is 6.54. The Labute approximate surface area is 178 Å². The molecule has 2 fully saturated rings. The van der Waals surface area contributed by atoms with Crippen LogP contribution in [0.5, 0.6) is 0 Å². The normalized spacial score (nSPS) is 20.7. The van der Waals surface area contributed by atoms with Gasteiger partial charge in [0.15, 0.2) is 5.69 Å². The topological polar surface area (TPSA) is 84.6 Å². The van der Waals surface area contributed by atoms with Gasteiger partial charge < -0.3 is 15.1 Å². The second-order valence-electron chi connectivity index (χ2n) is 8.32. The SMILES string of the molecule is CN(C(=O)CN1CCN(C(=O)c2n[nH]c3c2CNCC3)CC1)C1CCCCC1.Cl. The van der Waals surface area contributed by atoms with E-state index in [4.69, 9.17) is 0 Å². The highest BCUT2D eigenvalue weighted by Crippen LogP contribution is 2.22. The molecule has 1 saturated carbocycles. The second kappa shape index (κ2) is 9.91. The molecule has 2 aliphatic heterocycles. The van der Waals surface area contributed by atoms with Gasteiger partial charge in [0, 0.05) is 70.0 Å². The van der Waals surface area contributed by atoms with Crippen LogP contribution in [0.1, 0.15) is 53.8 Å². The van der Waals surface area contributed by atoms with Crippen molar-refractivity contribution >= 4 is 24.2 Å². The molecular formula is C20H33ClN6O2. The van der Waals surface area contributed by atoms with E-state index >= 15 is 0 Å². The summed E-state index contributed by atoms with van der Waals surface area (Å²) in [6.07, 6.45) is 6.91. The molecule has 0 atom stereocenters.